The first kappa shape index (κ1) is 30.4. The van der Waals surface area contributed by atoms with E-state index in [-0.39, 0.29) is 18.2 Å². The van der Waals surface area contributed by atoms with E-state index in [2.05, 4.69) is 24.1 Å². The molecule has 0 aliphatic heterocycles. The lowest BCUT2D eigenvalue weighted by atomic mass is 10.0. The van der Waals surface area contributed by atoms with Crippen LogP contribution in [0, 0.1) is 0 Å². The van der Waals surface area contributed by atoms with Crippen molar-refractivity contribution in [2.24, 2.45) is 0 Å². The maximum atomic E-state index is 13.8. The molecule has 0 aliphatic carbocycles. The fourth-order valence-electron chi connectivity index (χ4n) is 3.42. The molecule has 0 aliphatic rings. The minimum Gasteiger partial charge on any atom is -0.508 e. The summed E-state index contributed by atoms with van der Waals surface area (Å²) in [7, 11) is 0. The van der Waals surface area contributed by atoms with Gasteiger partial charge in [-0.1, -0.05) is 38.0 Å². The third kappa shape index (κ3) is 11.1. The molecule has 0 aromatic heterocycles. The average molecular weight is 508 g/mol. The van der Waals surface area contributed by atoms with E-state index < -0.39 is 29.7 Å². The normalized spacial score (nSPS) is 12.8. The molecule has 0 spiro atoms. The Hall–Kier alpha value is -2.68. The first-order valence-electron chi connectivity index (χ1n) is 12.0. The molecule has 0 bridgehead atoms. The third-order valence-electron chi connectivity index (χ3n) is 5.06. The van der Waals surface area contributed by atoms with Crippen LogP contribution in [0.25, 0.3) is 0 Å². The predicted molar refractivity (Wildman–Crippen MR) is 141 cm³/mol. The van der Waals surface area contributed by atoms with Crippen molar-refractivity contribution in [3.8, 4) is 5.75 Å². The zero-order chi connectivity index (χ0) is 26.4. The van der Waals surface area contributed by atoms with Gasteiger partial charge in [-0.15, -0.1) is 6.58 Å². The van der Waals surface area contributed by atoms with Crippen molar-refractivity contribution < 1.29 is 24.2 Å². The first-order valence-corrected chi connectivity index (χ1v) is 13.4. The number of unbranched alkanes of at least 4 members (excludes halogenated alkanes) is 2. The number of phenolic OH excluding ortho intramolecular Hbond substituents is 1. The number of nitrogens with zero attached hydrogens (tertiary/aromatic N) is 1. The largest absolute Gasteiger partial charge is 0.508 e. The van der Waals surface area contributed by atoms with Gasteiger partial charge in [-0.25, -0.2) is 4.79 Å². The van der Waals surface area contributed by atoms with Gasteiger partial charge < -0.3 is 25.4 Å². The zero-order valence-corrected chi connectivity index (χ0v) is 22.5. The van der Waals surface area contributed by atoms with Crippen molar-refractivity contribution in [3.63, 3.8) is 0 Å². The maximum Gasteiger partial charge on any atom is 0.408 e. The number of hydrogen-bond acceptors (Lipinski definition) is 6. The summed E-state index contributed by atoms with van der Waals surface area (Å²) in [4.78, 5) is 41.0. The smallest absolute Gasteiger partial charge is 0.408 e. The van der Waals surface area contributed by atoms with E-state index in [1.807, 2.05) is 6.26 Å². The number of rotatable bonds is 14. The summed E-state index contributed by atoms with van der Waals surface area (Å²) in [5.74, 6) is -0.0577. The molecule has 196 valence electrons. The molecule has 2 atom stereocenters. The van der Waals surface area contributed by atoms with Gasteiger partial charge in [-0.3, -0.25) is 9.59 Å². The molecule has 3 N–H and O–H groups in total. The summed E-state index contributed by atoms with van der Waals surface area (Å²) in [6, 6.07) is 4.35. The van der Waals surface area contributed by atoms with Crippen LogP contribution in [-0.4, -0.2) is 64.7 Å². The number of phenols is 1. The highest BCUT2D eigenvalue weighted by Crippen LogP contribution is 2.25. The summed E-state index contributed by atoms with van der Waals surface area (Å²) in [6.45, 7) is 11.7. The molecule has 0 radical (unpaired) electrons. The van der Waals surface area contributed by atoms with Crippen LogP contribution in [0.2, 0.25) is 0 Å². The highest BCUT2D eigenvalue weighted by atomic mass is 32.2. The Labute approximate surface area is 213 Å². The topological polar surface area (TPSA) is 108 Å². The molecule has 2 unspecified atom stereocenters. The van der Waals surface area contributed by atoms with Gasteiger partial charge in [0.05, 0.1) is 0 Å². The molecular formula is C26H41N3O5S. The molecule has 1 aromatic rings. The number of aromatic hydroxyl groups is 1. The van der Waals surface area contributed by atoms with E-state index in [0.717, 1.165) is 19.3 Å². The molecule has 3 amide bonds. The van der Waals surface area contributed by atoms with Gasteiger partial charge in [0.1, 0.15) is 23.4 Å². The molecule has 8 nitrogen and oxygen atoms in total. The van der Waals surface area contributed by atoms with Crippen molar-refractivity contribution in [3.05, 3.63) is 42.5 Å². The fourth-order valence-corrected chi connectivity index (χ4v) is 3.89. The minimum atomic E-state index is -0.958. The van der Waals surface area contributed by atoms with Gasteiger partial charge in [0.2, 0.25) is 11.8 Å². The third-order valence-corrected chi connectivity index (χ3v) is 5.70. The summed E-state index contributed by atoms with van der Waals surface area (Å²) in [6.07, 6.45) is 5.97. The van der Waals surface area contributed by atoms with Crippen LogP contribution in [-0.2, 0) is 14.3 Å². The second-order valence-corrected chi connectivity index (χ2v) is 10.2. The standard InChI is InChI=1S/C26H41N3O5S/c1-7-9-10-16-27-23(31)22(19-11-13-20(30)14-12-19)29(17-8-2)24(32)21(15-18-35-6)28-25(33)34-26(3,4)5/h8,11-14,21-22,30H,2,7,9-10,15-18H2,1,3-6H3,(H,27,31)(H,28,33). The number of benzene rings is 1. The Morgan fingerprint density at radius 2 is 1.86 bits per heavy atom. The molecule has 0 saturated carbocycles. The van der Waals surface area contributed by atoms with Gasteiger partial charge in [0.15, 0.2) is 0 Å². The van der Waals surface area contributed by atoms with E-state index in [9.17, 15) is 19.5 Å². The van der Waals surface area contributed by atoms with Crippen LogP contribution < -0.4 is 10.6 Å². The van der Waals surface area contributed by atoms with Crippen molar-refractivity contribution in [1.82, 2.24) is 15.5 Å². The number of alkyl carbamates (subject to hydrolysis) is 1. The van der Waals surface area contributed by atoms with Gasteiger partial charge in [0, 0.05) is 13.1 Å². The van der Waals surface area contributed by atoms with E-state index in [4.69, 9.17) is 4.74 Å². The Bertz CT molecular complexity index is 823. The van der Waals surface area contributed by atoms with E-state index in [0.29, 0.717) is 24.3 Å². The number of carbonyl (C=O) groups excluding carboxylic acids is 3. The molecule has 1 rings (SSSR count). The van der Waals surface area contributed by atoms with E-state index in [1.165, 1.54) is 17.0 Å². The number of thioether (sulfide) groups is 1. The second kappa shape index (κ2) is 15.3. The molecular weight excluding hydrogens is 466 g/mol. The second-order valence-electron chi connectivity index (χ2n) is 9.25. The number of ether oxygens (including phenoxy) is 1. The van der Waals surface area contributed by atoms with Crippen LogP contribution in [0.4, 0.5) is 4.79 Å². The van der Waals surface area contributed by atoms with Crippen LogP contribution in [0.1, 0.15) is 65.0 Å². The number of amides is 3. The van der Waals surface area contributed by atoms with Crippen LogP contribution in [0.3, 0.4) is 0 Å². The molecule has 9 heteroatoms. The Kier molecular flexibility index (Phi) is 13.3. The lowest BCUT2D eigenvalue weighted by molar-refractivity contribution is -0.141. The number of hydrogen-bond donors (Lipinski definition) is 3. The Morgan fingerprint density at radius 1 is 1.20 bits per heavy atom. The molecule has 1 aromatic carbocycles. The van der Waals surface area contributed by atoms with Gasteiger partial charge in [-0.05, 0) is 63.3 Å². The summed E-state index contributed by atoms with van der Waals surface area (Å²) < 4.78 is 5.37. The van der Waals surface area contributed by atoms with Crippen molar-refractivity contribution >= 4 is 29.7 Å². The Balaban J connectivity index is 3.30. The minimum absolute atomic E-state index is 0.0573. The van der Waals surface area contributed by atoms with E-state index in [1.54, 1.807) is 50.7 Å². The van der Waals surface area contributed by atoms with Gasteiger partial charge >= 0.3 is 6.09 Å². The lowest BCUT2D eigenvalue weighted by Gasteiger charge is -2.34. The van der Waals surface area contributed by atoms with Gasteiger partial charge in [0.25, 0.3) is 0 Å². The SMILES string of the molecule is C=CCN(C(=O)C(CCSC)NC(=O)OC(C)(C)C)C(C(=O)NCCCCC)c1ccc(O)cc1. The predicted octanol–water partition coefficient (Wildman–Crippen LogP) is 4.40. The highest BCUT2D eigenvalue weighted by Gasteiger charge is 2.35. The highest BCUT2D eigenvalue weighted by molar-refractivity contribution is 7.98. The first-order chi connectivity index (χ1) is 16.5. The number of nitrogens with one attached hydrogen (secondary N) is 2. The van der Waals surface area contributed by atoms with Crippen LogP contribution in [0.5, 0.6) is 5.75 Å². The van der Waals surface area contributed by atoms with Crippen molar-refractivity contribution in [2.45, 2.75) is 71.1 Å². The van der Waals surface area contributed by atoms with Crippen LogP contribution in [0.15, 0.2) is 36.9 Å². The van der Waals surface area contributed by atoms with Crippen molar-refractivity contribution in [2.75, 3.05) is 25.1 Å². The quantitative estimate of drug-likeness (QED) is 0.254. The van der Waals surface area contributed by atoms with Crippen molar-refractivity contribution in [1.29, 1.82) is 0 Å². The average Bonchev–Trinajstić information content (AvgIpc) is 2.78. The molecule has 0 fully saturated rings. The molecule has 0 heterocycles. The number of carbonyl (C=O) groups is 3. The fraction of sp³-hybridized carbons (Fsp3) is 0.577. The van der Waals surface area contributed by atoms with Crippen LogP contribution >= 0.6 is 11.8 Å². The monoisotopic (exact) mass is 507 g/mol. The summed E-state index contributed by atoms with van der Waals surface area (Å²) in [5, 5.41) is 15.4. The summed E-state index contributed by atoms with van der Waals surface area (Å²) in [5.41, 5.74) is -0.169. The van der Waals surface area contributed by atoms with Gasteiger partial charge in [-0.2, -0.15) is 11.8 Å². The molecule has 35 heavy (non-hydrogen) atoms. The molecule has 0 saturated heterocycles. The maximum absolute atomic E-state index is 13.8. The Morgan fingerprint density at radius 3 is 2.40 bits per heavy atom. The van der Waals surface area contributed by atoms with E-state index >= 15 is 0 Å². The lowest BCUT2D eigenvalue weighted by Crippen LogP contribution is -2.53. The zero-order valence-electron chi connectivity index (χ0n) is 21.6. The summed E-state index contributed by atoms with van der Waals surface area (Å²) >= 11 is 1.55.